The third-order valence-corrected chi connectivity index (χ3v) is 3.75. The van der Waals surface area contributed by atoms with Crippen LogP contribution in [0.4, 0.5) is 0 Å². The van der Waals surface area contributed by atoms with Crippen molar-refractivity contribution < 1.29 is 4.79 Å². The van der Waals surface area contributed by atoms with E-state index in [2.05, 4.69) is 28.9 Å². The Labute approximate surface area is 87.0 Å². The van der Waals surface area contributed by atoms with Crippen molar-refractivity contribution in [2.75, 3.05) is 0 Å². The number of alkyl halides is 1. The SMILES string of the molecule is CC1C=CC=C2C(=O)C(C)(Br)CC21. The third-order valence-electron chi connectivity index (χ3n) is 3.06. The van der Waals surface area contributed by atoms with Gasteiger partial charge in [0.2, 0.25) is 0 Å². The fraction of sp³-hybridized carbons (Fsp3) is 0.545. The second kappa shape index (κ2) is 2.81. The summed E-state index contributed by atoms with van der Waals surface area (Å²) in [5.41, 5.74) is 1.01. The average molecular weight is 241 g/mol. The summed E-state index contributed by atoms with van der Waals surface area (Å²) in [6.07, 6.45) is 7.08. The molecule has 0 aromatic rings. The van der Waals surface area contributed by atoms with Gasteiger partial charge in [-0.05, 0) is 25.2 Å². The maximum atomic E-state index is 11.9. The summed E-state index contributed by atoms with van der Waals surface area (Å²) in [5.74, 6) is 1.21. The molecule has 0 N–H and O–H groups in total. The van der Waals surface area contributed by atoms with Crippen molar-refractivity contribution in [3.05, 3.63) is 23.8 Å². The summed E-state index contributed by atoms with van der Waals surface area (Å²) < 4.78 is -0.316. The maximum Gasteiger partial charge on any atom is 0.175 e. The molecular formula is C11H13BrO. The van der Waals surface area contributed by atoms with Crippen molar-refractivity contribution in [3.63, 3.8) is 0 Å². The molecule has 70 valence electrons. The molecule has 0 radical (unpaired) electrons. The van der Waals surface area contributed by atoms with Gasteiger partial charge >= 0.3 is 0 Å². The van der Waals surface area contributed by atoms with Crippen LogP contribution in [0.5, 0.6) is 0 Å². The number of Topliss-reactive ketones (excluding diaryl/α,β-unsaturated/α-hetero) is 1. The Kier molecular flexibility index (Phi) is 1.99. The molecule has 0 heterocycles. The molecule has 0 spiro atoms. The standard InChI is InChI=1S/C11H13BrO/c1-7-4-3-5-8-9(7)6-11(2,12)10(8)13/h3-5,7,9H,6H2,1-2H3. The number of fused-ring (bicyclic) bond motifs is 1. The van der Waals surface area contributed by atoms with E-state index >= 15 is 0 Å². The first-order valence-corrected chi connectivity index (χ1v) is 5.44. The van der Waals surface area contributed by atoms with Crippen LogP contribution in [0.3, 0.4) is 0 Å². The third kappa shape index (κ3) is 1.32. The van der Waals surface area contributed by atoms with Crippen LogP contribution in [0.25, 0.3) is 0 Å². The lowest BCUT2D eigenvalue weighted by molar-refractivity contribution is -0.116. The van der Waals surface area contributed by atoms with E-state index in [1.807, 2.05) is 19.1 Å². The molecule has 13 heavy (non-hydrogen) atoms. The predicted octanol–water partition coefficient (Wildman–Crippen LogP) is 2.86. The van der Waals surface area contributed by atoms with Gasteiger partial charge in [-0.2, -0.15) is 0 Å². The minimum atomic E-state index is -0.316. The Balaban J connectivity index is 2.39. The normalized spacial score (nSPS) is 43.3. The highest BCUT2D eigenvalue weighted by Crippen LogP contribution is 2.46. The molecule has 2 heteroatoms. The van der Waals surface area contributed by atoms with E-state index in [9.17, 15) is 4.79 Å². The Bertz CT molecular complexity index is 312. The number of allylic oxidation sites excluding steroid dienone is 4. The van der Waals surface area contributed by atoms with Gasteiger partial charge in [0.1, 0.15) is 0 Å². The summed E-state index contributed by atoms with van der Waals surface area (Å²) in [5, 5.41) is 0. The molecule has 0 aromatic carbocycles. The van der Waals surface area contributed by atoms with Gasteiger partial charge in [-0.15, -0.1) is 0 Å². The highest BCUT2D eigenvalue weighted by atomic mass is 79.9. The van der Waals surface area contributed by atoms with Crippen molar-refractivity contribution >= 4 is 21.7 Å². The number of hydrogen-bond acceptors (Lipinski definition) is 1. The molecule has 3 atom stereocenters. The molecular weight excluding hydrogens is 228 g/mol. The summed E-state index contributed by atoms with van der Waals surface area (Å²) in [6, 6.07) is 0. The number of rotatable bonds is 0. The zero-order chi connectivity index (χ0) is 9.64. The van der Waals surface area contributed by atoms with Crippen LogP contribution in [0.1, 0.15) is 20.3 Å². The van der Waals surface area contributed by atoms with Crippen molar-refractivity contribution in [1.29, 1.82) is 0 Å². The summed E-state index contributed by atoms with van der Waals surface area (Å²) >= 11 is 3.51. The van der Waals surface area contributed by atoms with E-state index in [4.69, 9.17) is 0 Å². The average Bonchev–Trinajstić information content (AvgIpc) is 2.28. The number of halogens is 1. The summed E-state index contributed by atoms with van der Waals surface area (Å²) in [6.45, 7) is 4.15. The first kappa shape index (κ1) is 9.20. The van der Waals surface area contributed by atoms with E-state index in [1.54, 1.807) is 0 Å². The van der Waals surface area contributed by atoms with Gasteiger partial charge in [0.15, 0.2) is 5.78 Å². The Hall–Kier alpha value is -0.370. The largest absolute Gasteiger partial charge is 0.293 e. The smallest absolute Gasteiger partial charge is 0.175 e. The predicted molar refractivity (Wildman–Crippen MR) is 56.8 cm³/mol. The van der Waals surface area contributed by atoms with Crippen molar-refractivity contribution in [2.45, 2.75) is 24.6 Å². The Morgan fingerprint density at radius 3 is 2.92 bits per heavy atom. The summed E-state index contributed by atoms with van der Waals surface area (Å²) in [4.78, 5) is 11.9. The zero-order valence-corrected chi connectivity index (χ0v) is 9.47. The Morgan fingerprint density at radius 2 is 2.31 bits per heavy atom. The molecule has 1 saturated carbocycles. The van der Waals surface area contributed by atoms with Crippen LogP contribution in [-0.2, 0) is 4.79 Å². The minimum absolute atomic E-state index is 0.272. The number of hydrogen-bond donors (Lipinski definition) is 0. The lowest BCUT2D eigenvalue weighted by Crippen LogP contribution is -2.21. The molecule has 3 unspecified atom stereocenters. The first-order valence-electron chi connectivity index (χ1n) is 4.64. The Morgan fingerprint density at radius 1 is 1.62 bits per heavy atom. The van der Waals surface area contributed by atoms with E-state index < -0.39 is 0 Å². The minimum Gasteiger partial charge on any atom is -0.293 e. The summed E-state index contributed by atoms with van der Waals surface area (Å²) in [7, 11) is 0. The zero-order valence-electron chi connectivity index (χ0n) is 7.88. The van der Waals surface area contributed by atoms with Gasteiger partial charge < -0.3 is 0 Å². The highest BCUT2D eigenvalue weighted by molar-refractivity contribution is 9.10. The van der Waals surface area contributed by atoms with E-state index in [1.165, 1.54) is 0 Å². The molecule has 0 saturated heterocycles. The topological polar surface area (TPSA) is 17.1 Å². The monoisotopic (exact) mass is 240 g/mol. The van der Waals surface area contributed by atoms with Gasteiger partial charge in [-0.25, -0.2) is 0 Å². The first-order chi connectivity index (χ1) is 6.02. The molecule has 0 amide bonds. The number of carbonyl (C=O) groups excluding carboxylic acids is 1. The van der Waals surface area contributed by atoms with E-state index in [0.29, 0.717) is 11.8 Å². The number of carbonyl (C=O) groups is 1. The van der Waals surface area contributed by atoms with Gasteiger partial charge in [0.25, 0.3) is 0 Å². The molecule has 0 bridgehead atoms. The quantitative estimate of drug-likeness (QED) is 0.596. The van der Waals surface area contributed by atoms with Crippen LogP contribution >= 0.6 is 15.9 Å². The fourth-order valence-corrected chi connectivity index (χ4v) is 2.80. The van der Waals surface area contributed by atoms with Gasteiger partial charge in [-0.3, -0.25) is 4.79 Å². The molecule has 0 aliphatic heterocycles. The van der Waals surface area contributed by atoms with Gasteiger partial charge in [-0.1, -0.05) is 41.1 Å². The molecule has 2 aliphatic rings. The van der Waals surface area contributed by atoms with Crippen LogP contribution in [-0.4, -0.2) is 10.1 Å². The second-order valence-corrected chi connectivity index (χ2v) is 5.95. The van der Waals surface area contributed by atoms with Crippen LogP contribution in [0.15, 0.2) is 23.8 Å². The van der Waals surface area contributed by atoms with E-state index in [-0.39, 0.29) is 10.1 Å². The molecule has 1 fully saturated rings. The molecule has 1 nitrogen and oxygen atoms in total. The molecule has 2 aliphatic carbocycles. The van der Waals surface area contributed by atoms with Gasteiger partial charge in [0, 0.05) is 5.57 Å². The van der Waals surface area contributed by atoms with Crippen molar-refractivity contribution in [2.24, 2.45) is 11.8 Å². The fourth-order valence-electron chi connectivity index (χ4n) is 2.22. The molecule has 2 rings (SSSR count). The van der Waals surface area contributed by atoms with Crippen LogP contribution in [0, 0.1) is 11.8 Å². The van der Waals surface area contributed by atoms with Crippen molar-refractivity contribution in [1.82, 2.24) is 0 Å². The van der Waals surface area contributed by atoms with Crippen LogP contribution in [0.2, 0.25) is 0 Å². The highest BCUT2D eigenvalue weighted by Gasteiger charge is 2.46. The van der Waals surface area contributed by atoms with E-state index in [0.717, 1.165) is 12.0 Å². The van der Waals surface area contributed by atoms with Crippen molar-refractivity contribution in [3.8, 4) is 0 Å². The second-order valence-electron chi connectivity index (χ2n) is 4.20. The van der Waals surface area contributed by atoms with Gasteiger partial charge in [0.05, 0.1) is 4.32 Å². The van der Waals surface area contributed by atoms with Crippen LogP contribution < -0.4 is 0 Å². The number of ketones is 1. The lowest BCUT2D eigenvalue weighted by atomic mass is 9.85. The lowest BCUT2D eigenvalue weighted by Gasteiger charge is -2.19. The maximum absolute atomic E-state index is 11.9. The molecule has 0 aromatic heterocycles.